The third-order valence-electron chi connectivity index (χ3n) is 4.46. The number of nitrogens with one attached hydrogen (secondary N) is 1. The summed E-state index contributed by atoms with van der Waals surface area (Å²) in [7, 11) is 0. The maximum absolute atomic E-state index is 5.65. The zero-order valence-corrected chi connectivity index (χ0v) is 11.8. The van der Waals surface area contributed by atoms with Gasteiger partial charge in [0.2, 0.25) is 0 Å². The molecule has 1 aliphatic heterocycles. The van der Waals surface area contributed by atoms with E-state index in [2.05, 4.69) is 34.7 Å². The number of ether oxygens (including phenoxy) is 1. The molecule has 5 heteroatoms. The van der Waals surface area contributed by atoms with Crippen molar-refractivity contribution in [2.75, 3.05) is 12.0 Å². The molecule has 108 valence electrons. The fourth-order valence-corrected chi connectivity index (χ4v) is 3.09. The Morgan fingerprint density at radius 2 is 1.95 bits per heavy atom. The monoisotopic (exact) mass is 282 g/mol. The van der Waals surface area contributed by atoms with Gasteiger partial charge in [-0.1, -0.05) is 30.3 Å². The first-order valence-corrected chi connectivity index (χ1v) is 7.34. The SMILES string of the molecule is NNc1nc(C2(c3ccccc3)CC2)nc2c1COCC2. The Morgan fingerprint density at radius 3 is 2.67 bits per heavy atom. The van der Waals surface area contributed by atoms with Crippen LogP contribution in [0.5, 0.6) is 0 Å². The molecule has 1 aliphatic carbocycles. The van der Waals surface area contributed by atoms with Gasteiger partial charge in [0, 0.05) is 12.0 Å². The van der Waals surface area contributed by atoms with Gasteiger partial charge in [-0.2, -0.15) is 0 Å². The Balaban J connectivity index is 1.82. The van der Waals surface area contributed by atoms with Crippen molar-refractivity contribution < 1.29 is 4.74 Å². The highest BCUT2D eigenvalue weighted by molar-refractivity contribution is 5.49. The number of hydrogen-bond donors (Lipinski definition) is 2. The van der Waals surface area contributed by atoms with E-state index in [1.54, 1.807) is 0 Å². The van der Waals surface area contributed by atoms with E-state index in [9.17, 15) is 0 Å². The van der Waals surface area contributed by atoms with Crippen molar-refractivity contribution in [3.63, 3.8) is 0 Å². The van der Waals surface area contributed by atoms with E-state index in [4.69, 9.17) is 15.6 Å². The summed E-state index contributed by atoms with van der Waals surface area (Å²) < 4.78 is 5.49. The molecule has 2 aliphatic rings. The molecule has 1 aromatic carbocycles. The fraction of sp³-hybridized carbons (Fsp3) is 0.375. The van der Waals surface area contributed by atoms with Gasteiger partial charge in [-0.05, 0) is 18.4 Å². The van der Waals surface area contributed by atoms with Gasteiger partial charge in [-0.15, -0.1) is 0 Å². The summed E-state index contributed by atoms with van der Waals surface area (Å²) in [5.74, 6) is 7.25. The quantitative estimate of drug-likeness (QED) is 0.664. The zero-order valence-electron chi connectivity index (χ0n) is 11.8. The van der Waals surface area contributed by atoms with Crippen molar-refractivity contribution in [1.82, 2.24) is 9.97 Å². The lowest BCUT2D eigenvalue weighted by molar-refractivity contribution is 0.109. The van der Waals surface area contributed by atoms with Crippen molar-refractivity contribution in [2.24, 2.45) is 5.84 Å². The summed E-state index contributed by atoms with van der Waals surface area (Å²) in [6.45, 7) is 1.25. The van der Waals surface area contributed by atoms with E-state index in [0.29, 0.717) is 19.0 Å². The maximum Gasteiger partial charge on any atom is 0.149 e. The van der Waals surface area contributed by atoms with Gasteiger partial charge in [-0.3, -0.25) is 0 Å². The second kappa shape index (κ2) is 4.79. The minimum Gasteiger partial charge on any atom is -0.376 e. The number of fused-ring (bicyclic) bond motifs is 1. The summed E-state index contributed by atoms with van der Waals surface area (Å²) in [4.78, 5) is 9.53. The smallest absolute Gasteiger partial charge is 0.149 e. The van der Waals surface area contributed by atoms with Gasteiger partial charge < -0.3 is 10.2 Å². The van der Waals surface area contributed by atoms with Crippen LogP contribution < -0.4 is 11.3 Å². The molecule has 1 saturated carbocycles. The molecule has 21 heavy (non-hydrogen) atoms. The number of aromatic nitrogens is 2. The highest BCUT2D eigenvalue weighted by Crippen LogP contribution is 2.52. The van der Waals surface area contributed by atoms with Crippen LogP contribution in [0.15, 0.2) is 30.3 Å². The number of benzene rings is 1. The molecule has 1 aromatic heterocycles. The van der Waals surface area contributed by atoms with Gasteiger partial charge in [0.25, 0.3) is 0 Å². The number of rotatable bonds is 3. The van der Waals surface area contributed by atoms with E-state index in [-0.39, 0.29) is 5.41 Å². The first-order chi connectivity index (χ1) is 10.3. The third kappa shape index (κ3) is 2.01. The van der Waals surface area contributed by atoms with Crippen LogP contribution in [-0.4, -0.2) is 16.6 Å². The summed E-state index contributed by atoms with van der Waals surface area (Å²) in [5.41, 5.74) is 6.05. The Labute approximate surface area is 123 Å². The molecule has 2 heterocycles. The van der Waals surface area contributed by atoms with E-state index in [1.165, 1.54) is 5.56 Å². The Kier molecular flexibility index (Phi) is 2.90. The van der Waals surface area contributed by atoms with E-state index < -0.39 is 0 Å². The molecular weight excluding hydrogens is 264 g/mol. The number of nitrogens with zero attached hydrogens (tertiary/aromatic N) is 2. The Morgan fingerprint density at radius 1 is 1.14 bits per heavy atom. The van der Waals surface area contributed by atoms with E-state index in [0.717, 1.165) is 36.3 Å². The molecular formula is C16H18N4O. The molecule has 5 nitrogen and oxygen atoms in total. The maximum atomic E-state index is 5.65. The minimum absolute atomic E-state index is 0.0276. The van der Waals surface area contributed by atoms with Crippen molar-refractivity contribution in [3.05, 3.63) is 53.0 Å². The molecule has 0 spiro atoms. The van der Waals surface area contributed by atoms with E-state index >= 15 is 0 Å². The zero-order chi connectivity index (χ0) is 14.3. The van der Waals surface area contributed by atoms with Crippen molar-refractivity contribution in [1.29, 1.82) is 0 Å². The van der Waals surface area contributed by atoms with Crippen molar-refractivity contribution in [3.8, 4) is 0 Å². The number of hydrogen-bond acceptors (Lipinski definition) is 5. The average molecular weight is 282 g/mol. The van der Waals surface area contributed by atoms with E-state index in [1.807, 2.05) is 6.07 Å². The lowest BCUT2D eigenvalue weighted by Crippen LogP contribution is -2.23. The summed E-state index contributed by atoms with van der Waals surface area (Å²) >= 11 is 0. The van der Waals surface area contributed by atoms with Crippen LogP contribution in [0, 0.1) is 0 Å². The molecule has 0 amide bonds. The van der Waals surface area contributed by atoms with Crippen LogP contribution in [-0.2, 0) is 23.2 Å². The van der Waals surface area contributed by atoms with Crippen LogP contribution in [0.2, 0.25) is 0 Å². The molecule has 2 aromatic rings. The second-order valence-electron chi connectivity index (χ2n) is 5.72. The second-order valence-corrected chi connectivity index (χ2v) is 5.72. The van der Waals surface area contributed by atoms with Gasteiger partial charge in [0.05, 0.1) is 24.3 Å². The molecule has 0 bridgehead atoms. The van der Waals surface area contributed by atoms with Crippen LogP contribution in [0.4, 0.5) is 5.82 Å². The number of anilines is 1. The number of hydrazine groups is 1. The highest BCUT2D eigenvalue weighted by atomic mass is 16.5. The molecule has 0 radical (unpaired) electrons. The third-order valence-corrected chi connectivity index (χ3v) is 4.46. The highest BCUT2D eigenvalue weighted by Gasteiger charge is 2.49. The summed E-state index contributed by atoms with van der Waals surface area (Å²) in [5, 5.41) is 0. The Bertz CT molecular complexity index is 650. The van der Waals surface area contributed by atoms with Crippen LogP contribution in [0.3, 0.4) is 0 Å². The number of nitrogens with two attached hydrogens (primary N) is 1. The fourth-order valence-electron chi connectivity index (χ4n) is 3.09. The van der Waals surface area contributed by atoms with Crippen molar-refractivity contribution >= 4 is 5.82 Å². The molecule has 1 fully saturated rings. The predicted molar refractivity (Wildman–Crippen MR) is 79.7 cm³/mol. The summed E-state index contributed by atoms with van der Waals surface area (Å²) in [6, 6.07) is 10.5. The Hall–Kier alpha value is -1.98. The standard InChI is InChI=1S/C16H18N4O/c17-20-14-12-10-21-9-6-13(12)18-15(19-14)16(7-8-16)11-4-2-1-3-5-11/h1-5H,6-10,17H2,(H,18,19,20). The molecule has 3 N–H and O–H groups in total. The molecule has 0 atom stereocenters. The predicted octanol–water partition coefficient (Wildman–Crippen LogP) is 1.91. The molecule has 0 saturated heterocycles. The lowest BCUT2D eigenvalue weighted by Gasteiger charge is -2.22. The number of nitrogen functional groups attached to an aromatic ring is 1. The van der Waals surface area contributed by atoms with Gasteiger partial charge in [0.1, 0.15) is 11.6 Å². The first-order valence-electron chi connectivity index (χ1n) is 7.34. The lowest BCUT2D eigenvalue weighted by atomic mass is 9.94. The van der Waals surface area contributed by atoms with Crippen LogP contribution in [0.1, 0.15) is 35.5 Å². The van der Waals surface area contributed by atoms with Crippen LogP contribution >= 0.6 is 0 Å². The van der Waals surface area contributed by atoms with Crippen LogP contribution in [0.25, 0.3) is 0 Å². The normalized spacial score (nSPS) is 18.9. The molecule has 4 rings (SSSR count). The molecule has 0 unspecified atom stereocenters. The average Bonchev–Trinajstić information content (AvgIpc) is 3.36. The van der Waals surface area contributed by atoms with Crippen molar-refractivity contribution in [2.45, 2.75) is 31.3 Å². The minimum atomic E-state index is -0.0276. The van der Waals surface area contributed by atoms with Gasteiger partial charge in [0.15, 0.2) is 0 Å². The summed E-state index contributed by atoms with van der Waals surface area (Å²) in [6.07, 6.45) is 3.01. The van der Waals surface area contributed by atoms with Gasteiger partial charge >= 0.3 is 0 Å². The van der Waals surface area contributed by atoms with Gasteiger partial charge in [-0.25, -0.2) is 15.8 Å². The first kappa shape index (κ1) is 12.7. The topological polar surface area (TPSA) is 73.1 Å². The largest absolute Gasteiger partial charge is 0.376 e.